The van der Waals surface area contributed by atoms with E-state index in [1.54, 1.807) is 4.90 Å². The van der Waals surface area contributed by atoms with E-state index in [1.807, 2.05) is 33.8 Å². The largest absolute Gasteiger partial charge is 0.445 e. The Morgan fingerprint density at radius 2 is 1.74 bits per heavy atom. The van der Waals surface area contributed by atoms with Crippen molar-refractivity contribution in [1.82, 2.24) is 10.2 Å². The van der Waals surface area contributed by atoms with E-state index < -0.39 is 46.6 Å². The highest BCUT2D eigenvalue weighted by atomic mass is 28.3. The maximum Gasteiger partial charge on any atom is 0.411 e. The standard InChI is InChI=1S/C28H50N2O6Si2/c1-13-14-34-24(33)30-17-19(16-28(30,26(5,6)7)18-35-37(9)10)21(31)15-20-22(23(32)29-20)27(8,25(2,3)4)36-38(11)12/h13,16,20,22,37-38H,1,14-15,17-18H2,2-12H3,(H,29,32)/t20-,22-,27-,28?/m1/s1. The second-order valence-electron chi connectivity index (χ2n) is 13.4. The minimum Gasteiger partial charge on any atom is -0.445 e. The van der Waals surface area contributed by atoms with E-state index in [0.29, 0.717) is 5.57 Å². The van der Waals surface area contributed by atoms with Crippen molar-refractivity contribution in [2.45, 2.75) is 98.3 Å². The zero-order valence-corrected chi connectivity index (χ0v) is 27.7. The summed E-state index contributed by atoms with van der Waals surface area (Å²) in [6, 6.07) is -0.335. The molecule has 2 aliphatic rings. The second-order valence-corrected chi connectivity index (χ2v) is 18.2. The Bertz CT molecular complexity index is 952. The van der Waals surface area contributed by atoms with Gasteiger partial charge in [-0.25, -0.2) is 4.79 Å². The molecule has 1 unspecified atom stereocenters. The summed E-state index contributed by atoms with van der Waals surface area (Å²) in [4.78, 5) is 41.4. The van der Waals surface area contributed by atoms with Gasteiger partial charge in [-0.2, -0.15) is 0 Å². The molecular formula is C28H50N2O6Si2. The first-order valence-electron chi connectivity index (χ1n) is 13.7. The van der Waals surface area contributed by atoms with E-state index in [2.05, 4.69) is 58.9 Å². The number of rotatable bonds is 11. The zero-order valence-electron chi connectivity index (χ0n) is 25.4. The van der Waals surface area contributed by atoms with Crippen LogP contribution in [0.25, 0.3) is 0 Å². The van der Waals surface area contributed by atoms with Crippen molar-refractivity contribution >= 4 is 35.9 Å². The number of β-lactam (4-membered cyclic amide) rings is 1. The Morgan fingerprint density at radius 3 is 2.18 bits per heavy atom. The average Bonchev–Trinajstić information content (AvgIpc) is 3.15. The van der Waals surface area contributed by atoms with Gasteiger partial charge in [0.1, 0.15) is 6.61 Å². The molecule has 1 fully saturated rings. The number of carbonyl (C=O) groups is 3. The summed E-state index contributed by atoms with van der Waals surface area (Å²) in [6.45, 7) is 26.9. The number of ether oxygens (including phenoxy) is 1. The number of hydrogen-bond donors (Lipinski definition) is 1. The molecule has 0 aliphatic carbocycles. The van der Waals surface area contributed by atoms with Gasteiger partial charge in [-0.3, -0.25) is 14.5 Å². The van der Waals surface area contributed by atoms with E-state index >= 15 is 0 Å². The maximum absolute atomic E-state index is 13.8. The van der Waals surface area contributed by atoms with E-state index in [4.69, 9.17) is 13.6 Å². The van der Waals surface area contributed by atoms with Crippen LogP contribution in [-0.2, 0) is 23.2 Å². The van der Waals surface area contributed by atoms with Crippen LogP contribution in [0, 0.1) is 16.7 Å². The van der Waals surface area contributed by atoms with E-state index in [0.717, 1.165) is 0 Å². The number of carbonyl (C=O) groups excluding carboxylic acids is 3. The molecule has 1 N–H and O–H groups in total. The molecule has 2 aliphatic heterocycles. The molecule has 38 heavy (non-hydrogen) atoms. The number of hydrogen-bond acceptors (Lipinski definition) is 6. The predicted octanol–water partition coefficient (Wildman–Crippen LogP) is 4.21. The van der Waals surface area contributed by atoms with Crippen LogP contribution in [-0.4, -0.2) is 77.7 Å². The molecule has 2 heterocycles. The second kappa shape index (κ2) is 11.8. The Hall–Kier alpha value is -1.76. The van der Waals surface area contributed by atoms with Gasteiger partial charge in [-0.05, 0) is 50.0 Å². The molecule has 1 saturated heterocycles. The lowest BCUT2D eigenvalue weighted by molar-refractivity contribution is -0.160. The topological polar surface area (TPSA) is 94.2 Å². The van der Waals surface area contributed by atoms with Crippen LogP contribution < -0.4 is 5.32 Å². The highest BCUT2D eigenvalue weighted by Crippen LogP contribution is 2.46. The molecule has 0 aromatic rings. The first kappa shape index (κ1) is 32.5. The van der Waals surface area contributed by atoms with Crippen molar-refractivity contribution in [3.63, 3.8) is 0 Å². The van der Waals surface area contributed by atoms with Crippen LogP contribution in [0.2, 0.25) is 26.2 Å². The zero-order chi connectivity index (χ0) is 29.3. The normalized spacial score (nSPS) is 25.6. The monoisotopic (exact) mass is 566 g/mol. The third kappa shape index (κ3) is 6.51. The molecule has 8 nitrogen and oxygen atoms in total. The summed E-state index contributed by atoms with van der Waals surface area (Å²) in [5.41, 5.74) is -1.73. The van der Waals surface area contributed by atoms with Crippen molar-refractivity contribution < 1.29 is 28.0 Å². The van der Waals surface area contributed by atoms with Crippen LogP contribution in [0.1, 0.15) is 54.9 Å². The minimum absolute atomic E-state index is 0.0794. The number of nitrogens with one attached hydrogen (secondary N) is 1. The van der Waals surface area contributed by atoms with Crippen molar-refractivity contribution in [3.05, 3.63) is 24.3 Å². The average molecular weight is 567 g/mol. The molecule has 4 atom stereocenters. The van der Waals surface area contributed by atoms with E-state index in [1.165, 1.54) is 6.08 Å². The Morgan fingerprint density at radius 1 is 1.13 bits per heavy atom. The Labute approximate surface area is 233 Å². The van der Waals surface area contributed by atoms with Crippen LogP contribution in [0.3, 0.4) is 0 Å². The fraction of sp³-hybridized carbons (Fsp3) is 0.750. The number of ketones is 1. The van der Waals surface area contributed by atoms with Crippen molar-refractivity contribution in [2.75, 3.05) is 19.8 Å². The number of Topliss-reactive ketones (excluding diaryl/α,β-unsaturated/α-hetero) is 1. The summed E-state index contributed by atoms with van der Waals surface area (Å²) in [5, 5.41) is 2.96. The summed E-state index contributed by atoms with van der Waals surface area (Å²) in [7, 11) is -2.90. The van der Waals surface area contributed by atoms with Crippen molar-refractivity contribution in [1.29, 1.82) is 0 Å². The van der Waals surface area contributed by atoms with Gasteiger partial charge < -0.3 is 18.9 Å². The van der Waals surface area contributed by atoms with Gasteiger partial charge in [-0.1, -0.05) is 54.2 Å². The first-order chi connectivity index (χ1) is 17.3. The number of amides is 2. The summed E-state index contributed by atoms with van der Waals surface area (Å²) in [5.74, 6) is -0.601. The van der Waals surface area contributed by atoms with Crippen LogP contribution in [0.15, 0.2) is 24.3 Å². The molecule has 0 spiro atoms. The van der Waals surface area contributed by atoms with Crippen LogP contribution >= 0.6 is 0 Å². The van der Waals surface area contributed by atoms with Gasteiger partial charge >= 0.3 is 6.09 Å². The van der Waals surface area contributed by atoms with Gasteiger partial charge in [0, 0.05) is 12.0 Å². The molecule has 0 aromatic carbocycles. The molecular weight excluding hydrogens is 516 g/mol. The third-order valence-electron chi connectivity index (χ3n) is 8.04. The summed E-state index contributed by atoms with van der Waals surface area (Å²) in [6.07, 6.45) is 3.08. The fourth-order valence-electron chi connectivity index (χ4n) is 5.36. The molecule has 2 rings (SSSR count). The van der Waals surface area contributed by atoms with Crippen molar-refractivity contribution in [3.8, 4) is 0 Å². The van der Waals surface area contributed by atoms with Gasteiger partial charge in [0.2, 0.25) is 5.91 Å². The molecule has 2 amide bonds. The fourth-order valence-corrected chi connectivity index (χ4v) is 7.43. The highest BCUT2D eigenvalue weighted by molar-refractivity contribution is 6.48. The lowest BCUT2D eigenvalue weighted by atomic mass is 9.63. The van der Waals surface area contributed by atoms with Crippen molar-refractivity contribution in [2.24, 2.45) is 16.7 Å². The van der Waals surface area contributed by atoms with Gasteiger partial charge in [0.05, 0.1) is 36.3 Å². The lowest BCUT2D eigenvalue weighted by Gasteiger charge is -2.54. The Balaban J connectivity index is 2.41. The minimum atomic E-state index is -1.48. The molecule has 0 saturated carbocycles. The van der Waals surface area contributed by atoms with E-state index in [9.17, 15) is 14.4 Å². The predicted molar refractivity (Wildman–Crippen MR) is 156 cm³/mol. The Kier molecular flexibility index (Phi) is 10.1. The van der Waals surface area contributed by atoms with Gasteiger partial charge in [0.15, 0.2) is 23.9 Å². The van der Waals surface area contributed by atoms with Gasteiger partial charge in [-0.15, -0.1) is 0 Å². The summed E-state index contributed by atoms with van der Waals surface area (Å²) >= 11 is 0. The smallest absolute Gasteiger partial charge is 0.411 e. The molecule has 216 valence electrons. The quantitative estimate of drug-likeness (QED) is 0.229. The third-order valence-corrected chi connectivity index (χ3v) is 9.84. The highest BCUT2D eigenvalue weighted by Gasteiger charge is 2.58. The molecule has 10 heteroatoms. The SMILES string of the molecule is C=CCOC(=O)N1CC(C(=O)C[C@H]2NC(=O)[C@@H]2[C@@](C)(O[SiH](C)C)C(C)(C)C)=CC1(CO[SiH](C)C)C(C)(C)C. The van der Waals surface area contributed by atoms with E-state index in [-0.39, 0.29) is 49.3 Å². The molecule has 0 radical (unpaired) electrons. The maximum atomic E-state index is 13.8. The van der Waals surface area contributed by atoms with Crippen LogP contribution in [0.4, 0.5) is 4.79 Å². The molecule has 0 aromatic heterocycles. The first-order valence-corrected chi connectivity index (χ1v) is 19.3. The van der Waals surface area contributed by atoms with Gasteiger partial charge in [0.25, 0.3) is 0 Å². The molecule has 0 bridgehead atoms. The number of nitrogens with zero attached hydrogens (tertiary/aromatic N) is 1. The summed E-state index contributed by atoms with van der Waals surface area (Å²) < 4.78 is 18.1. The van der Waals surface area contributed by atoms with Crippen LogP contribution in [0.5, 0.6) is 0 Å². The lowest BCUT2D eigenvalue weighted by Crippen LogP contribution is -2.70.